The fourth-order valence-corrected chi connectivity index (χ4v) is 3.31. The minimum Gasteiger partial charge on any atom is -0.378 e. The molecule has 1 atom stereocenters. The van der Waals surface area contributed by atoms with Gasteiger partial charge in [0.15, 0.2) is 5.75 Å². The number of hydrogen-bond acceptors (Lipinski definition) is 3. The maximum atomic E-state index is 14.5. The third-order valence-electron chi connectivity index (χ3n) is 3.82. The highest BCUT2D eigenvalue weighted by Crippen LogP contribution is 2.50. The Morgan fingerprint density at radius 2 is 1.48 bits per heavy atom. The number of aryl methyl sites for hydroxylation is 2. The van der Waals surface area contributed by atoms with E-state index in [2.05, 4.69) is 4.18 Å². The van der Waals surface area contributed by atoms with Crippen LogP contribution in [0.5, 0.6) is 5.75 Å². The van der Waals surface area contributed by atoms with Crippen LogP contribution in [0.1, 0.15) is 16.7 Å². The summed E-state index contributed by atoms with van der Waals surface area (Å²) in [6.07, 6.45) is -10.5. The van der Waals surface area contributed by atoms with E-state index >= 15 is 0 Å². The summed E-state index contributed by atoms with van der Waals surface area (Å²) in [5, 5.41) is 0. The van der Waals surface area contributed by atoms with E-state index in [9.17, 15) is 34.8 Å². The number of hydrogen-bond donors (Lipinski definition) is 0. The van der Waals surface area contributed by atoms with E-state index in [1.165, 1.54) is 12.1 Å². The largest absolute Gasteiger partial charge is 0.432 e. The summed E-state index contributed by atoms with van der Waals surface area (Å²) in [4.78, 5) is -0.421. The Morgan fingerprint density at radius 1 is 0.926 bits per heavy atom. The van der Waals surface area contributed by atoms with Crippen molar-refractivity contribution in [1.29, 1.82) is 0 Å². The second-order valence-corrected chi connectivity index (χ2v) is 7.36. The first-order chi connectivity index (χ1) is 12.3. The molecule has 0 radical (unpaired) electrons. The Balaban J connectivity index is 2.64. The van der Waals surface area contributed by atoms with Gasteiger partial charge in [-0.1, -0.05) is 35.9 Å². The van der Waals surface area contributed by atoms with Crippen LogP contribution < -0.4 is 4.18 Å². The molecule has 1 unspecified atom stereocenters. The summed E-state index contributed by atoms with van der Waals surface area (Å²) in [5.74, 6) is -1.13. The van der Waals surface area contributed by atoms with Crippen LogP contribution in [0.4, 0.5) is 26.3 Å². The van der Waals surface area contributed by atoms with Crippen LogP contribution in [-0.2, 0) is 15.8 Å². The molecule has 148 valence electrons. The topological polar surface area (TPSA) is 43.4 Å². The first-order valence-corrected chi connectivity index (χ1v) is 8.86. The van der Waals surface area contributed by atoms with Gasteiger partial charge >= 0.3 is 16.3 Å². The molecule has 0 saturated carbocycles. The van der Waals surface area contributed by atoms with Crippen molar-refractivity contribution in [1.82, 2.24) is 0 Å². The SMILES string of the molecule is Cc1ccc(S(=O)(=O)Oc2c(C)cccc2C(F)(C(F)F)C(F)(F)F)cc1. The van der Waals surface area contributed by atoms with Crippen LogP contribution >= 0.6 is 0 Å². The minimum absolute atomic E-state index is 0.255. The molecule has 2 aromatic rings. The average molecular weight is 412 g/mol. The van der Waals surface area contributed by atoms with Gasteiger partial charge in [-0.25, -0.2) is 13.2 Å². The van der Waals surface area contributed by atoms with Gasteiger partial charge in [0.25, 0.3) is 12.1 Å². The van der Waals surface area contributed by atoms with Gasteiger partial charge in [-0.05, 0) is 31.5 Å². The molecule has 0 fully saturated rings. The summed E-state index contributed by atoms with van der Waals surface area (Å²) in [6.45, 7) is 2.78. The van der Waals surface area contributed by atoms with Gasteiger partial charge in [-0.3, -0.25) is 0 Å². The number of para-hydroxylation sites is 1. The van der Waals surface area contributed by atoms with Crippen LogP contribution in [0.3, 0.4) is 0 Å². The highest BCUT2D eigenvalue weighted by molar-refractivity contribution is 7.87. The molecule has 10 heteroatoms. The fourth-order valence-electron chi connectivity index (χ4n) is 2.31. The third-order valence-corrected chi connectivity index (χ3v) is 5.06. The molecule has 2 aromatic carbocycles. The summed E-state index contributed by atoms with van der Waals surface area (Å²) < 4.78 is 109. The smallest absolute Gasteiger partial charge is 0.378 e. The number of alkyl halides is 6. The van der Waals surface area contributed by atoms with Crippen molar-refractivity contribution in [3.8, 4) is 5.75 Å². The quantitative estimate of drug-likeness (QED) is 0.509. The zero-order valence-corrected chi connectivity index (χ0v) is 14.8. The Bertz CT molecular complexity index is 923. The average Bonchev–Trinajstić information content (AvgIpc) is 2.55. The highest BCUT2D eigenvalue weighted by atomic mass is 32.2. The van der Waals surface area contributed by atoms with E-state index in [0.29, 0.717) is 11.6 Å². The third kappa shape index (κ3) is 3.90. The van der Waals surface area contributed by atoms with Gasteiger partial charge in [-0.2, -0.15) is 21.6 Å². The van der Waals surface area contributed by atoms with Crippen molar-refractivity contribution >= 4 is 10.1 Å². The van der Waals surface area contributed by atoms with Crippen LogP contribution in [0.2, 0.25) is 0 Å². The lowest BCUT2D eigenvalue weighted by Gasteiger charge is -2.29. The lowest BCUT2D eigenvalue weighted by Crippen LogP contribution is -2.45. The van der Waals surface area contributed by atoms with Crippen molar-refractivity contribution in [2.24, 2.45) is 0 Å². The van der Waals surface area contributed by atoms with Gasteiger partial charge in [0, 0.05) is 5.56 Å². The van der Waals surface area contributed by atoms with Crippen LogP contribution in [-0.4, -0.2) is 21.0 Å². The summed E-state index contributed by atoms with van der Waals surface area (Å²) in [6, 6.07) is 7.51. The molecule has 0 N–H and O–H groups in total. The van der Waals surface area contributed by atoms with Gasteiger partial charge in [0.05, 0.1) is 0 Å². The van der Waals surface area contributed by atoms with E-state index in [1.807, 2.05) is 0 Å². The van der Waals surface area contributed by atoms with Crippen LogP contribution in [0, 0.1) is 13.8 Å². The van der Waals surface area contributed by atoms with Crippen molar-refractivity contribution in [3.05, 3.63) is 59.2 Å². The van der Waals surface area contributed by atoms with Crippen LogP contribution in [0.25, 0.3) is 0 Å². The van der Waals surface area contributed by atoms with Gasteiger partial charge in [-0.15, -0.1) is 0 Å². The van der Waals surface area contributed by atoms with E-state index in [1.54, 1.807) is 6.92 Å². The second-order valence-electron chi connectivity index (χ2n) is 5.81. The van der Waals surface area contributed by atoms with Gasteiger partial charge in [0.2, 0.25) is 0 Å². The minimum atomic E-state index is -6.00. The molecule has 2 rings (SSSR count). The molecule has 0 aromatic heterocycles. The molecular formula is C17H14F6O3S. The summed E-state index contributed by atoms with van der Waals surface area (Å²) in [5.41, 5.74) is -6.27. The molecule has 0 bridgehead atoms. The molecular weight excluding hydrogens is 398 g/mol. The molecule has 0 amide bonds. The Hall–Kier alpha value is -2.23. The van der Waals surface area contributed by atoms with E-state index in [0.717, 1.165) is 31.2 Å². The fraction of sp³-hybridized carbons (Fsp3) is 0.294. The lowest BCUT2D eigenvalue weighted by molar-refractivity contribution is -0.274. The first kappa shape index (κ1) is 21.1. The van der Waals surface area contributed by atoms with Gasteiger partial charge < -0.3 is 4.18 Å². The normalized spacial score (nSPS) is 14.9. The van der Waals surface area contributed by atoms with E-state index in [4.69, 9.17) is 0 Å². The molecule has 0 heterocycles. The number of halogens is 6. The predicted octanol–water partition coefficient (Wildman–Crippen LogP) is 5.06. The van der Waals surface area contributed by atoms with Crippen molar-refractivity contribution < 1.29 is 38.9 Å². The van der Waals surface area contributed by atoms with Crippen molar-refractivity contribution in [2.45, 2.75) is 37.0 Å². The van der Waals surface area contributed by atoms with Gasteiger partial charge in [0.1, 0.15) is 4.90 Å². The Morgan fingerprint density at radius 3 is 1.96 bits per heavy atom. The Labute approximate surface area is 151 Å². The Kier molecular flexibility index (Phi) is 5.51. The molecule has 0 aliphatic carbocycles. The zero-order valence-electron chi connectivity index (χ0n) is 14.0. The molecule has 27 heavy (non-hydrogen) atoms. The number of benzene rings is 2. The molecule has 3 nitrogen and oxygen atoms in total. The molecule has 0 spiro atoms. The first-order valence-electron chi connectivity index (χ1n) is 7.45. The monoisotopic (exact) mass is 412 g/mol. The van der Waals surface area contributed by atoms with E-state index < -0.39 is 44.6 Å². The molecule has 0 aliphatic heterocycles. The highest BCUT2D eigenvalue weighted by Gasteiger charge is 2.65. The maximum Gasteiger partial charge on any atom is 0.432 e. The summed E-state index contributed by atoms with van der Waals surface area (Å²) >= 11 is 0. The van der Waals surface area contributed by atoms with Crippen molar-refractivity contribution in [3.63, 3.8) is 0 Å². The summed E-state index contributed by atoms with van der Waals surface area (Å²) in [7, 11) is -4.69. The maximum absolute atomic E-state index is 14.5. The van der Waals surface area contributed by atoms with Crippen molar-refractivity contribution in [2.75, 3.05) is 0 Å². The zero-order chi connectivity index (χ0) is 20.6. The number of rotatable bonds is 5. The second kappa shape index (κ2) is 7.06. The predicted molar refractivity (Wildman–Crippen MR) is 85.0 cm³/mol. The molecule has 0 saturated heterocycles. The lowest BCUT2D eigenvalue weighted by atomic mass is 9.93. The molecule has 0 aliphatic rings. The standard InChI is InChI=1S/C17H14F6O3S/c1-10-6-8-12(9-7-10)27(24,25)26-14-11(2)4-3-5-13(14)16(20,15(18)19)17(21,22)23/h3-9,15H,1-2H3. The van der Waals surface area contributed by atoms with E-state index in [-0.39, 0.29) is 5.56 Å². The van der Waals surface area contributed by atoms with Crippen LogP contribution in [0.15, 0.2) is 47.4 Å².